The van der Waals surface area contributed by atoms with Gasteiger partial charge in [-0.2, -0.15) is 0 Å². The Morgan fingerprint density at radius 1 is 0.722 bits per heavy atom. The fourth-order valence-electron chi connectivity index (χ4n) is 2.73. The zero-order valence-electron chi connectivity index (χ0n) is 19.4. The number of nitrogens with one attached hydrogen (secondary N) is 3. The van der Waals surface area contributed by atoms with Crippen LogP contribution in [-0.4, -0.2) is 99.3 Å². The van der Waals surface area contributed by atoms with Crippen LogP contribution in [0.2, 0.25) is 0 Å². The van der Waals surface area contributed by atoms with E-state index in [-0.39, 0.29) is 31.8 Å². The van der Waals surface area contributed by atoms with Crippen molar-refractivity contribution in [2.24, 2.45) is 22.2 Å². The van der Waals surface area contributed by atoms with Crippen LogP contribution < -0.4 is 33.2 Å². The van der Waals surface area contributed by atoms with Gasteiger partial charge in [0.15, 0.2) is 5.96 Å². The molecule has 36 heavy (non-hydrogen) atoms. The third-order valence-electron chi connectivity index (χ3n) is 4.66. The fourth-order valence-corrected chi connectivity index (χ4v) is 2.73. The number of aliphatic hydroxyl groups is 1. The van der Waals surface area contributed by atoms with E-state index in [1.165, 1.54) is 0 Å². The molecule has 0 saturated carbocycles. The minimum Gasteiger partial charge on any atom is -0.481 e. The number of aliphatic imine (C=N–C) groups is 1. The van der Waals surface area contributed by atoms with Gasteiger partial charge in [-0.25, -0.2) is 4.79 Å². The van der Waals surface area contributed by atoms with Crippen LogP contribution in [0.15, 0.2) is 4.99 Å². The van der Waals surface area contributed by atoms with Gasteiger partial charge in [0.25, 0.3) is 0 Å². The zero-order valence-corrected chi connectivity index (χ0v) is 19.4. The first-order chi connectivity index (χ1) is 16.8. The molecule has 0 fully saturated rings. The lowest BCUT2D eigenvalue weighted by atomic mass is 10.1. The maximum absolute atomic E-state index is 12.9. The normalized spacial score (nSPS) is 13.8. The second kappa shape index (κ2) is 16.6. The summed E-state index contributed by atoms with van der Waals surface area (Å²) in [7, 11) is 0. The summed E-state index contributed by atoms with van der Waals surface area (Å²) in [5, 5.41) is 42.4. The second-order valence-electron chi connectivity index (χ2n) is 7.62. The van der Waals surface area contributed by atoms with Crippen molar-refractivity contribution in [1.82, 2.24) is 16.0 Å². The molecule has 0 aliphatic carbocycles. The Kier molecular flexibility index (Phi) is 14.8. The molecule has 0 radical (unpaired) electrons. The van der Waals surface area contributed by atoms with Gasteiger partial charge in [0.2, 0.25) is 17.7 Å². The van der Waals surface area contributed by atoms with E-state index in [1.54, 1.807) is 0 Å². The molecule has 17 nitrogen and oxygen atoms in total. The minimum atomic E-state index is -1.70. The highest BCUT2D eigenvalue weighted by atomic mass is 16.4. The molecule has 0 heterocycles. The maximum Gasteiger partial charge on any atom is 0.328 e. The van der Waals surface area contributed by atoms with E-state index in [2.05, 4.69) is 15.6 Å². The number of carboxylic acids is 3. The van der Waals surface area contributed by atoms with Crippen molar-refractivity contribution in [3.63, 3.8) is 0 Å². The Hall–Kier alpha value is -3.99. The Labute approximate surface area is 205 Å². The number of guanidine groups is 1. The number of hydrogen-bond donors (Lipinski definition) is 10. The molecule has 3 amide bonds. The highest BCUT2D eigenvalue weighted by Gasteiger charge is 2.30. The molecule has 204 valence electrons. The molecule has 4 atom stereocenters. The van der Waals surface area contributed by atoms with E-state index in [0.717, 1.165) is 0 Å². The second-order valence-corrected chi connectivity index (χ2v) is 7.62. The number of hydrogen-bond acceptors (Lipinski definition) is 9. The fraction of sp³-hybridized carbons (Fsp3) is 0.632. The average Bonchev–Trinajstić information content (AvgIpc) is 2.79. The van der Waals surface area contributed by atoms with Crippen LogP contribution >= 0.6 is 0 Å². The van der Waals surface area contributed by atoms with Crippen molar-refractivity contribution in [1.29, 1.82) is 0 Å². The van der Waals surface area contributed by atoms with Gasteiger partial charge in [0.1, 0.15) is 18.1 Å². The number of aliphatic carboxylic acids is 3. The van der Waals surface area contributed by atoms with Crippen LogP contribution in [0.1, 0.15) is 38.5 Å². The quantitative estimate of drug-likeness (QED) is 0.0465. The summed E-state index contributed by atoms with van der Waals surface area (Å²) in [4.78, 5) is 74.3. The number of carboxylic acid groups (broad SMARTS) is 3. The summed E-state index contributed by atoms with van der Waals surface area (Å²) in [5.41, 5.74) is 16.1. The van der Waals surface area contributed by atoms with E-state index in [1.807, 2.05) is 5.32 Å². The lowest BCUT2D eigenvalue weighted by molar-refractivity contribution is -0.144. The Balaban J connectivity index is 5.59. The topological polar surface area (TPSA) is 310 Å². The SMILES string of the molecule is NC(N)=NCCCC(NC(=O)C(N)CCC(=O)O)C(=O)NC(CCC(=O)O)C(=O)NC(CO)C(=O)O. The lowest BCUT2D eigenvalue weighted by Gasteiger charge is -2.24. The van der Waals surface area contributed by atoms with Gasteiger partial charge < -0.3 is 53.6 Å². The number of carbonyl (C=O) groups is 6. The summed E-state index contributed by atoms with van der Waals surface area (Å²) in [5.74, 6) is -7.11. The molecule has 0 aromatic heterocycles. The summed E-state index contributed by atoms with van der Waals surface area (Å²) < 4.78 is 0. The molecule has 0 saturated heterocycles. The molecule has 0 bridgehead atoms. The zero-order chi connectivity index (χ0) is 27.8. The van der Waals surface area contributed by atoms with Gasteiger partial charge in [-0.3, -0.25) is 29.0 Å². The van der Waals surface area contributed by atoms with Crippen LogP contribution in [0, 0.1) is 0 Å². The van der Waals surface area contributed by atoms with E-state index < -0.39 is 85.7 Å². The van der Waals surface area contributed by atoms with Gasteiger partial charge in [0, 0.05) is 19.4 Å². The predicted octanol–water partition coefficient (Wildman–Crippen LogP) is -4.37. The predicted molar refractivity (Wildman–Crippen MR) is 122 cm³/mol. The van der Waals surface area contributed by atoms with Crippen LogP contribution in [0.4, 0.5) is 0 Å². The number of nitrogens with two attached hydrogens (primary N) is 3. The van der Waals surface area contributed by atoms with E-state index >= 15 is 0 Å². The van der Waals surface area contributed by atoms with Crippen LogP contribution in [0.3, 0.4) is 0 Å². The number of carbonyl (C=O) groups excluding carboxylic acids is 3. The van der Waals surface area contributed by atoms with Crippen molar-refractivity contribution in [2.75, 3.05) is 13.2 Å². The smallest absolute Gasteiger partial charge is 0.328 e. The summed E-state index contributed by atoms with van der Waals surface area (Å²) in [6, 6.07) is -5.80. The minimum absolute atomic E-state index is 0.0539. The largest absolute Gasteiger partial charge is 0.481 e. The van der Waals surface area contributed by atoms with Gasteiger partial charge in [-0.15, -0.1) is 0 Å². The first-order valence-electron chi connectivity index (χ1n) is 10.8. The van der Waals surface area contributed by atoms with Gasteiger partial charge in [0.05, 0.1) is 12.6 Å². The van der Waals surface area contributed by atoms with Crippen molar-refractivity contribution >= 4 is 41.6 Å². The van der Waals surface area contributed by atoms with Crippen LogP contribution in [0.25, 0.3) is 0 Å². The first-order valence-corrected chi connectivity index (χ1v) is 10.8. The molecule has 0 rings (SSSR count). The Morgan fingerprint density at radius 3 is 1.67 bits per heavy atom. The highest BCUT2D eigenvalue weighted by molar-refractivity contribution is 5.94. The summed E-state index contributed by atoms with van der Waals surface area (Å²) in [6.07, 6.45) is -1.50. The first kappa shape index (κ1) is 32.0. The van der Waals surface area contributed by atoms with E-state index in [0.29, 0.717) is 0 Å². The van der Waals surface area contributed by atoms with E-state index in [9.17, 15) is 28.8 Å². The molecule has 0 aromatic rings. The summed E-state index contributed by atoms with van der Waals surface area (Å²) >= 11 is 0. The van der Waals surface area contributed by atoms with Gasteiger partial charge >= 0.3 is 17.9 Å². The van der Waals surface area contributed by atoms with Crippen molar-refractivity contribution < 1.29 is 49.2 Å². The molecular weight excluding hydrogens is 486 g/mol. The molecule has 4 unspecified atom stereocenters. The van der Waals surface area contributed by atoms with Crippen molar-refractivity contribution in [2.45, 2.75) is 62.7 Å². The van der Waals surface area contributed by atoms with Gasteiger partial charge in [-0.05, 0) is 25.7 Å². The Bertz CT molecular complexity index is 831. The average molecular weight is 520 g/mol. The number of aliphatic hydroxyl groups excluding tert-OH is 1. The lowest BCUT2D eigenvalue weighted by Crippen LogP contribution is -2.57. The molecule has 17 heteroatoms. The van der Waals surface area contributed by atoms with Crippen LogP contribution in [-0.2, 0) is 28.8 Å². The standard InChI is InChI=1S/C19H33N7O10/c20-9(3-5-13(28)29)15(32)24-10(2-1-7-23-19(21)22)16(33)25-11(4-6-14(30)31)17(34)26-12(8-27)18(35)36/h9-12,27H,1-8,20H2,(H,24,32)(H,25,33)(H,26,34)(H,28,29)(H,30,31)(H,35,36)(H4,21,22,23). The van der Waals surface area contributed by atoms with Gasteiger partial charge in [-0.1, -0.05) is 0 Å². The number of amides is 3. The number of nitrogens with zero attached hydrogens (tertiary/aromatic N) is 1. The van der Waals surface area contributed by atoms with Crippen molar-refractivity contribution in [3.05, 3.63) is 0 Å². The molecular formula is C19H33N7O10. The highest BCUT2D eigenvalue weighted by Crippen LogP contribution is 2.05. The monoisotopic (exact) mass is 519 g/mol. The van der Waals surface area contributed by atoms with Crippen LogP contribution in [0.5, 0.6) is 0 Å². The third-order valence-corrected chi connectivity index (χ3v) is 4.66. The maximum atomic E-state index is 12.9. The Morgan fingerprint density at radius 2 is 1.19 bits per heavy atom. The number of rotatable bonds is 18. The molecule has 13 N–H and O–H groups in total. The molecule has 0 aromatic carbocycles. The molecule has 0 aliphatic heterocycles. The summed E-state index contributed by atoms with van der Waals surface area (Å²) in [6.45, 7) is -0.884. The van der Waals surface area contributed by atoms with E-state index in [4.69, 9.17) is 37.6 Å². The molecule has 0 aliphatic rings. The van der Waals surface area contributed by atoms with Crippen molar-refractivity contribution in [3.8, 4) is 0 Å². The third kappa shape index (κ3) is 13.7. The molecule has 0 spiro atoms.